The molecule has 1 rings (SSSR count). The highest BCUT2D eigenvalue weighted by atomic mass is 16.5. The predicted octanol–water partition coefficient (Wildman–Crippen LogP) is 4.84. The standard InChI is InChI=1S/C17H26O2/c1-4-5-6-10-13-17(2,3)14-19-16(18)15-11-8-7-9-12-15/h7-9,11-12H,4-6,10,13-14H2,1-3H3. The lowest BCUT2D eigenvalue weighted by Gasteiger charge is -2.24. The highest BCUT2D eigenvalue weighted by Crippen LogP contribution is 2.24. The molecule has 0 aliphatic carbocycles. The van der Waals surface area contributed by atoms with Crippen LogP contribution in [-0.4, -0.2) is 12.6 Å². The van der Waals surface area contributed by atoms with E-state index >= 15 is 0 Å². The Kier molecular flexibility index (Phi) is 6.61. The van der Waals surface area contributed by atoms with Gasteiger partial charge in [-0.15, -0.1) is 0 Å². The van der Waals surface area contributed by atoms with E-state index in [1.165, 1.54) is 25.7 Å². The molecule has 0 atom stereocenters. The molecule has 0 bridgehead atoms. The van der Waals surface area contributed by atoms with E-state index in [9.17, 15) is 4.79 Å². The lowest BCUT2D eigenvalue weighted by molar-refractivity contribution is 0.0323. The summed E-state index contributed by atoms with van der Waals surface area (Å²) in [6.07, 6.45) is 6.13. The van der Waals surface area contributed by atoms with E-state index in [1.54, 1.807) is 12.1 Å². The second-order valence-electron chi connectivity index (χ2n) is 5.92. The van der Waals surface area contributed by atoms with Crippen LogP contribution in [0, 0.1) is 5.41 Å². The van der Waals surface area contributed by atoms with Crippen molar-refractivity contribution in [3.63, 3.8) is 0 Å². The van der Waals surface area contributed by atoms with Crippen molar-refractivity contribution in [2.75, 3.05) is 6.61 Å². The molecule has 106 valence electrons. The molecule has 0 aliphatic rings. The zero-order valence-corrected chi connectivity index (χ0v) is 12.4. The van der Waals surface area contributed by atoms with Gasteiger partial charge in [0.05, 0.1) is 12.2 Å². The van der Waals surface area contributed by atoms with E-state index in [2.05, 4.69) is 20.8 Å². The molecule has 0 fully saturated rings. The van der Waals surface area contributed by atoms with Gasteiger partial charge in [-0.05, 0) is 24.0 Å². The average Bonchev–Trinajstić information content (AvgIpc) is 2.42. The smallest absolute Gasteiger partial charge is 0.338 e. The molecule has 2 heteroatoms. The first-order valence-corrected chi connectivity index (χ1v) is 7.27. The Morgan fingerprint density at radius 3 is 2.42 bits per heavy atom. The first kappa shape index (κ1) is 15.7. The van der Waals surface area contributed by atoms with Crippen LogP contribution in [0.3, 0.4) is 0 Å². The number of unbranched alkanes of at least 4 members (excludes halogenated alkanes) is 3. The van der Waals surface area contributed by atoms with Crippen molar-refractivity contribution >= 4 is 5.97 Å². The van der Waals surface area contributed by atoms with Crippen molar-refractivity contribution in [1.82, 2.24) is 0 Å². The van der Waals surface area contributed by atoms with Crippen molar-refractivity contribution < 1.29 is 9.53 Å². The van der Waals surface area contributed by atoms with Gasteiger partial charge in [0.25, 0.3) is 0 Å². The Morgan fingerprint density at radius 2 is 1.79 bits per heavy atom. The molecule has 2 nitrogen and oxygen atoms in total. The lowest BCUT2D eigenvalue weighted by Crippen LogP contribution is -2.22. The molecule has 0 heterocycles. The first-order valence-electron chi connectivity index (χ1n) is 7.27. The van der Waals surface area contributed by atoms with Gasteiger partial charge in [-0.25, -0.2) is 4.79 Å². The molecular formula is C17H26O2. The fourth-order valence-corrected chi connectivity index (χ4v) is 2.02. The third-order valence-corrected chi connectivity index (χ3v) is 3.31. The van der Waals surface area contributed by atoms with Crippen LogP contribution in [0.1, 0.15) is 63.2 Å². The van der Waals surface area contributed by atoms with Crippen molar-refractivity contribution in [2.24, 2.45) is 5.41 Å². The molecule has 0 unspecified atom stereocenters. The molecule has 0 aliphatic heterocycles. The molecular weight excluding hydrogens is 236 g/mol. The monoisotopic (exact) mass is 262 g/mol. The average molecular weight is 262 g/mol. The van der Waals surface area contributed by atoms with Crippen molar-refractivity contribution in [1.29, 1.82) is 0 Å². The van der Waals surface area contributed by atoms with Crippen LogP contribution < -0.4 is 0 Å². The Balaban J connectivity index is 2.32. The number of ether oxygens (including phenoxy) is 1. The van der Waals surface area contributed by atoms with Crippen LogP contribution in [0.15, 0.2) is 30.3 Å². The summed E-state index contributed by atoms with van der Waals surface area (Å²) in [6, 6.07) is 9.18. The van der Waals surface area contributed by atoms with Crippen LogP contribution in [0.4, 0.5) is 0 Å². The summed E-state index contributed by atoms with van der Waals surface area (Å²) in [5.41, 5.74) is 0.697. The summed E-state index contributed by atoms with van der Waals surface area (Å²) < 4.78 is 5.41. The molecule has 0 spiro atoms. The number of carbonyl (C=O) groups excluding carboxylic acids is 1. The van der Waals surface area contributed by atoms with Gasteiger partial charge in [-0.1, -0.05) is 64.7 Å². The summed E-state index contributed by atoms with van der Waals surface area (Å²) in [7, 11) is 0. The van der Waals surface area contributed by atoms with Crippen molar-refractivity contribution in [3.8, 4) is 0 Å². The number of hydrogen-bond acceptors (Lipinski definition) is 2. The maximum Gasteiger partial charge on any atom is 0.338 e. The van der Waals surface area contributed by atoms with Crippen LogP contribution in [0.25, 0.3) is 0 Å². The number of hydrogen-bond donors (Lipinski definition) is 0. The Hall–Kier alpha value is -1.31. The largest absolute Gasteiger partial charge is 0.462 e. The van der Waals surface area contributed by atoms with Crippen LogP contribution in [-0.2, 0) is 4.74 Å². The Bertz CT molecular complexity index is 368. The molecule has 0 aromatic heterocycles. The summed E-state index contributed by atoms with van der Waals surface area (Å²) in [4.78, 5) is 11.8. The number of rotatable bonds is 8. The molecule has 0 saturated heterocycles. The van der Waals surface area contributed by atoms with Gasteiger partial charge in [-0.3, -0.25) is 0 Å². The van der Waals surface area contributed by atoms with Gasteiger partial charge < -0.3 is 4.74 Å². The summed E-state index contributed by atoms with van der Waals surface area (Å²) >= 11 is 0. The molecule has 1 aromatic carbocycles. The van der Waals surface area contributed by atoms with Crippen LogP contribution in [0.2, 0.25) is 0 Å². The topological polar surface area (TPSA) is 26.3 Å². The molecule has 0 amide bonds. The van der Waals surface area contributed by atoms with E-state index in [4.69, 9.17) is 4.74 Å². The highest BCUT2D eigenvalue weighted by Gasteiger charge is 2.20. The second kappa shape index (κ2) is 7.98. The second-order valence-corrected chi connectivity index (χ2v) is 5.92. The summed E-state index contributed by atoms with van der Waals surface area (Å²) in [6.45, 7) is 7.04. The van der Waals surface area contributed by atoms with Gasteiger partial charge in [0, 0.05) is 0 Å². The number of benzene rings is 1. The fourth-order valence-electron chi connectivity index (χ4n) is 2.02. The molecule has 1 aromatic rings. The predicted molar refractivity (Wildman–Crippen MR) is 79.3 cm³/mol. The van der Waals surface area contributed by atoms with Crippen molar-refractivity contribution in [3.05, 3.63) is 35.9 Å². The van der Waals surface area contributed by atoms with Gasteiger partial charge in [0.2, 0.25) is 0 Å². The van der Waals surface area contributed by atoms with E-state index in [0.29, 0.717) is 12.2 Å². The zero-order chi connectivity index (χ0) is 14.1. The number of esters is 1. The first-order chi connectivity index (χ1) is 9.05. The van der Waals surface area contributed by atoms with E-state index < -0.39 is 0 Å². The quantitative estimate of drug-likeness (QED) is 0.495. The molecule has 0 N–H and O–H groups in total. The van der Waals surface area contributed by atoms with Gasteiger partial charge in [0.15, 0.2) is 0 Å². The van der Waals surface area contributed by atoms with Crippen LogP contribution >= 0.6 is 0 Å². The zero-order valence-electron chi connectivity index (χ0n) is 12.4. The third-order valence-electron chi connectivity index (χ3n) is 3.31. The lowest BCUT2D eigenvalue weighted by atomic mass is 9.88. The van der Waals surface area contributed by atoms with Gasteiger partial charge in [-0.2, -0.15) is 0 Å². The van der Waals surface area contributed by atoms with Crippen LogP contribution in [0.5, 0.6) is 0 Å². The maximum atomic E-state index is 11.8. The highest BCUT2D eigenvalue weighted by molar-refractivity contribution is 5.89. The SMILES string of the molecule is CCCCCCC(C)(C)COC(=O)c1ccccc1. The minimum absolute atomic E-state index is 0.0676. The fraction of sp³-hybridized carbons (Fsp3) is 0.588. The minimum Gasteiger partial charge on any atom is -0.462 e. The summed E-state index contributed by atoms with van der Waals surface area (Å²) in [5.74, 6) is -0.220. The third kappa shape index (κ3) is 6.42. The van der Waals surface area contributed by atoms with E-state index in [1.807, 2.05) is 18.2 Å². The van der Waals surface area contributed by atoms with E-state index in [0.717, 1.165) is 6.42 Å². The van der Waals surface area contributed by atoms with Gasteiger partial charge in [0.1, 0.15) is 0 Å². The molecule has 0 saturated carbocycles. The number of carbonyl (C=O) groups is 1. The molecule has 19 heavy (non-hydrogen) atoms. The minimum atomic E-state index is -0.220. The van der Waals surface area contributed by atoms with Gasteiger partial charge >= 0.3 is 5.97 Å². The molecule has 0 radical (unpaired) electrons. The Morgan fingerprint density at radius 1 is 1.11 bits per heavy atom. The maximum absolute atomic E-state index is 11.8. The normalized spacial score (nSPS) is 11.3. The van der Waals surface area contributed by atoms with E-state index in [-0.39, 0.29) is 11.4 Å². The van der Waals surface area contributed by atoms with Crippen molar-refractivity contribution in [2.45, 2.75) is 52.9 Å². The summed E-state index contributed by atoms with van der Waals surface area (Å²) in [5, 5.41) is 0. The Labute approximate surface area is 117 Å².